The molecule has 0 atom stereocenters. The molecule has 3 aromatic carbocycles. The van der Waals surface area contributed by atoms with Crippen molar-refractivity contribution in [2.24, 2.45) is 5.92 Å². The highest BCUT2D eigenvalue weighted by Crippen LogP contribution is 2.27. The summed E-state index contributed by atoms with van der Waals surface area (Å²) in [6.45, 7) is 5.09. The Morgan fingerprint density at radius 2 is 1.63 bits per heavy atom. The standard InChI is InChI=1S/C30H31BrFN5O/c31-23-6-5-7-24(20-23)37-28-11-4-2-9-26(28)33-29(37)21-34-14-12-22(13-15-34)30(38)36-18-16-35(17-19-36)27-10-3-1-8-25(27)32/h1-11,20,22H,12-19,21H2. The SMILES string of the molecule is O=C(C1CCN(Cc2nc3ccccc3n2-c2cccc(Br)c2)CC1)N1CCN(c2ccccc2F)CC1. The molecule has 2 saturated heterocycles. The summed E-state index contributed by atoms with van der Waals surface area (Å²) < 4.78 is 17.5. The van der Waals surface area contributed by atoms with Gasteiger partial charge in [-0.15, -0.1) is 0 Å². The van der Waals surface area contributed by atoms with E-state index >= 15 is 0 Å². The number of piperidine rings is 1. The number of hydrogen-bond donors (Lipinski definition) is 0. The zero-order valence-corrected chi connectivity index (χ0v) is 22.9. The van der Waals surface area contributed by atoms with E-state index in [-0.39, 0.29) is 17.6 Å². The smallest absolute Gasteiger partial charge is 0.225 e. The van der Waals surface area contributed by atoms with Gasteiger partial charge in [0.25, 0.3) is 0 Å². The van der Waals surface area contributed by atoms with Crippen LogP contribution in [0.15, 0.2) is 77.3 Å². The van der Waals surface area contributed by atoms with E-state index in [0.717, 1.165) is 59.5 Å². The lowest BCUT2D eigenvalue weighted by Gasteiger charge is -2.39. The molecule has 0 aliphatic carbocycles. The predicted octanol–water partition coefficient (Wildman–Crippen LogP) is 5.49. The van der Waals surface area contributed by atoms with Crippen molar-refractivity contribution in [3.05, 3.63) is 88.9 Å². The van der Waals surface area contributed by atoms with Gasteiger partial charge in [-0.1, -0.05) is 46.3 Å². The van der Waals surface area contributed by atoms with Crippen LogP contribution in [0.5, 0.6) is 0 Å². The van der Waals surface area contributed by atoms with Gasteiger partial charge in [-0.2, -0.15) is 0 Å². The normalized spacial score (nSPS) is 17.3. The van der Waals surface area contributed by atoms with E-state index in [1.54, 1.807) is 6.07 Å². The Hall–Kier alpha value is -3.23. The van der Waals surface area contributed by atoms with Gasteiger partial charge >= 0.3 is 0 Å². The molecule has 38 heavy (non-hydrogen) atoms. The van der Waals surface area contributed by atoms with E-state index in [0.29, 0.717) is 31.9 Å². The number of aromatic nitrogens is 2. The zero-order chi connectivity index (χ0) is 26.1. The molecule has 196 valence electrons. The molecule has 2 aliphatic heterocycles. The van der Waals surface area contributed by atoms with E-state index in [9.17, 15) is 9.18 Å². The van der Waals surface area contributed by atoms with Crippen molar-refractivity contribution in [1.29, 1.82) is 0 Å². The van der Waals surface area contributed by atoms with Gasteiger partial charge in [0.15, 0.2) is 0 Å². The molecule has 0 unspecified atom stereocenters. The monoisotopic (exact) mass is 575 g/mol. The second kappa shape index (κ2) is 10.9. The Kier molecular flexibility index (Phi) is 7.17. The Morgan fingerprint density at radius 3 is 2.39 bits per heavy atom. The molecule has 2 aliphatic rings. The van der Waals surface area contributed by atoms with Crippen molar-refractivity contribution in [1.82, 2.24) is 19.4 Å². The topological polar surface area (TPSA) is 44.6 Å². The highest BCUT2D eigenvalue weighted by Gasteiger charge is 2.31. The number of amides is 1. The summed E-state index contributed by atoms with van der Waals surface area (Å²) in [7, 11) is 0. The summed E-state index contributed by atoms with van der Waals surface area (Å²) in [5, 5.41) is 0. The van der Waals surface area contributed by atoms with Crippen molar-refractivity contribution in [3.63, 3.8) is 0 Å². The summed E-state index contributed by atoms with van der Waals surface area (Å²) >= 11 is 3.61. The Balaban J connectivity index is 1.09. The Morgan fingerprint density at radius 1 is 0.895 bits per heavy atom. The first-order valence-electron chi connectivity index (χ1n) is 13.3. The lowest BCUT2D eigenvalue weighted by atomic mass is 9.95. The first-order chi connectivity index (χ1) is 18.6. The molecule has 0 saturated carbocycles. The minimum Gasteiger partial charge on any atom is -0.366 e. The number of fused-ring (bicyclic) bond motifs is 1. The lowest BCUT2D eigenvalue weighted by Crippen LogP contribution is -2.51. The van der Waals surface area contributed by atoms with Crippen molar-refractivity contribution in [2.45, 2.75) is 19.4 Å². The van der Waals surface area contributed by atoms with E-state index in [1.165, 1.54) is 6.07 Å². The third-order valence-electron chi connectivity index (χ3n) is 7.78. The number of para-hydroxylation sites is 3. The van der Waals surface area contributed by atoms with Crippen LogP contribution in [0.2, 0.25) is 0 Å². The van der Waals surface area contributed by atoms with Crippen LogP contribution in [0.1, 0.15) is 18.7 Å². The molecule has 1 amide bonds. The van der Waals surface area contributed by atoms with Crippen molar-refractivity contribution < 1.29 is 9.18 Å². The fourth-order valence-electron chi connectivity index (χ4n) is 5.76. The van der Waals surface area contributed by atoms with Gasteiger partial charge in [-0.05, 0) is 68.4 Å². The molecule has 6 rings (SSSR count). The summed E-state index contributed by atoms with van der Waals surface area (Å²) in [5.41, 5.74) is 3.80. The molecule has 0 bridgehead atoms. The number of anilines is 1. The third-order valence-corrected chi connectivity index (χ3v) is 8.28. The predicted molar refractivity (Wildman–Crippen MR) is 152 cm³/mol. The van der Waals surface area contributed by atoms with E-state index in [4.69, 9.17) is 4.98 Å². The number of carbonyl (C=O) groups is 1. The van der Waals surface area contributed by atoms with E-state index in [2.05, 4.69) is 55.7 Å². The van der Waals surface area contributed by atoms with Crippen LogP contribution in [0.4, 0.5) is 10.1 Å². The molecule has 2 fully saturated rings. The quantitative estimate of drug-likeness (QED) is 0.316. The molecule has 3 heterocycles. The number of nitrogens with zero attached hydrogens (tertiary/aromatic N) is 5. The van der Waals surface area contributed by atoms with Gasteiger partial charge in [0.2, 0.25) is 5.91 Å². The molecule has 6 nitrogen and oxygen atoms in total. The maximum atomic E-state index is 14.2. The Bertz CT molecular complexity index is 1440. The maximum Gasteiger partial charge on any atom is 0.225 e. The van der Waals surface area contributed by atoms with E-state index in [1.807, 2.05) is 40.1 Å². The first-order valence-corrected chi connectivity index (χ1v) is 14.1. The van der Waals surface area contributed by atoms with Crippen LogP contribution in [-0.4, -0.2) is 64.5 Å². The van der Waals surface area contributed by atoms with Gasteiger partial charge in [0.1, 0.15) is 11.6 Å². The van der Waals surface area contributed by atoms with E-state index < -0.39 is 0 Å². The van der Waals surface area contributed by atoms with Crippen LogP contribution in [0, 0.1) is 11.7 Å². The second-order valence-corrected chi connectivity index (χ2v) is 11.1. The average molecular weight is 577 g/mol. The molecular weight excluding hydrogens is 545 g/mol. The number of rotatable bonds is 5. The van der Waals surface area contributed by atoms with Crippen LogP contribution in [0.25, 0.3) is 16.7 Å². The molecule has 4 aromatic rings. The van der Waals surface area contributed by atoms with Gasteiger partial charge in [-0.25, -0.2) is 9.37 Å². The summed E-state index contributed by atoms with van der Waals surface area (Å²) in [6.07, 6.45) is 1.70. The number of imidazole rings is 1. The van der Waals surface area contributed by atoms with Gasteiger partial charge in [0, 0.05) is 42.3 Å². The fourth-order valence-corrected chi connectivity index (χ4v) is 6.14. The van der Waals surface area contributed by atoms with Crippen LogP contribution in [0.3, 0.4) is 0 Å². The number of carbonyl (C=O) groups excluding carboxylic acids is 1. The van der Waals surface area contributed by atoms with Crippen molar-refractivity contribution in [3.8, 4) is 5.69 Å². The largest absolute Gasteiger partial charge is 0.366 e. The zero-order valence-electron chi connectivity index (χ0n) is 21.3. The second-order valence-electron chi connectivity index (χ2n) is 10.1. The highest BCUT2D eigenvalue weighted by molar-refractivity contribution is 9.10. The van der Waals surface area contributed by atoms with Crippen LogP contribution in [-0.2, 0) is 11.3 Å². The number of piperazine rings is 1. The van der Waals surface area contributed by atoms with Crippen LogP contribution >= 0.6 is 15.9 Å². The summed E-state index contributed by atoms with van der Waals surface area (Å²) in [4.78, 5) is 24.7. The maximum absolute atomic E-state index is 14.2. The minimum absolute atomic E-state index is 0.0511. The summed E-state index contributed by atoms with van der Waals surface area (Å²) in [6, 6.07) is 23.4. The minimum atomic E-state index is -0.201. The number of likely N-dealkylation sites (tertiary alicyclic amines) is 1. The highest BCUT2D eigenvalue weighted by atomic mass is 79.9. The molecule has 0 radical (unpaired) electrons. The lowest BCUT2D eigenvalue weighted by molar-refractivity contribution is -0.137. The van der Waals surface area contributed by atoms with Crippen LogP contribution < -0.4 is 4.90 Å². The first kappa shape index (κ1) is 25.1. The number of halogens is 2. The molecule has 0 N–H and O–H groups in total. The Labute approximate surface area is 230 Å². The van der Waals surface area contributed by atoms with Crippen molar-refractivity contribution >= 4 is 38.6 Å². The number of hydrogen-bond acceptors (Lipinski definition) is 4. The van der Waals surface area contributed by atoms with Gasteiger partial charge in [-0.3, -0.25) is 14.3 Å². The third kappa shape index (κ3) is 5.07. The molecule has 0 spiro atoms. The van der Waals surface area contributed by atoms with Gasteiger partial charge < -0.3 is 9.80 Å². The average Bonchev–Trinajstić information content (AvgIpc) is 3.31. The fraction of sp³-hybridized carbons (Fsp3) is 0.333. The molecule has 1 aromatic heterocycles. The molecule has 8 heteroatoms. The van der Waals surface area contributed by atoms with Gasteiger partial charge in [0.05, 0.1) is 23.3 Å². The summed E-state index contributed by atoms with van der Waals surface area (Å²) in [5.74, 6) is 1.11. The molecular formula is C30H31BrFN5O. The number of benzene rings is 3. The van der Waals surface area contributed by atoms with Crippen molar-refractivity contribution in [2.75, 3.05) is 44.2 Å².